The second-order valence-corrected chi connectivity index (χ2v) is 10.4. The molecule has 1 aliphatic heterocycles. The first-order valence-corrected chi connectivity index (χ1v) is 13.5. The van der Waals surface area contributed by atoms with Gasteiger partial charge in [0, 0.05) is 12.1 Å². The second-order valence-electron chi connectivity index (χ2n) is 9.30. The fourth-order valence-electron chi connectivity index (χ4n) is 3.79. The van der Waals surface area contributed by atoms with Gasteiger partial charge in [-0.25, -0.2) is 9.59 Å². The minimum atomic E-state index is -1.22. The third-order valence-corrected chi connectivity index (χ3v) is 7.15. The summed E-state index contributed by atoms with van der Waals surface area (Å²) >= 11 is 0.586. The molecule has 1 saturated heterocycles. The fourth-order valence-corrected chi connectivity index (χ4v) is 4.76. The number of benzene rings is 2. The molecule has 14 heteroatoms. The maximum atomic E-state index is 13.2. The summed E-state index contributed by atoms with van der Waals surface area (Å²) in [6.07, 6.45) is 1.90. The summed E-state index contributed by atoms with van der Waals surface area (Å²) < 4.78 is 15.9. The van der Waals surface area contributed by atoms with Crippen LogP contribution >= 0.6 is 11.8 Å². The Morgan fingerprint density at radius 3 is 2.39 bits per heavy atom. The lowest BCUT2D eigenvalue weighted by atomic mass is 10.1. The predicted molar refractivity (Wildman–Crippen MR) is 144 cm³/mol. The first kappa shape index (κ1) is 29.4. The number of esters is 1. The Morgan fingerprint density at radius 2 is 1.78 bits per heavy atom. The molecule has 2 N–H and O–H groups in total. The Balaban J connectivity index is 1.44. The van der Waals surface area contributed by atoms with Crippen LogP contribution in [0.1, 0.15) is 25.3 Å². The SMILES string of the molecule is C/C(O)=C(\C(=O)OCc1ccc([N+](=O)[O-])cc1)N1C(=O)C(NC(=O)COc2ccccc2)C1SC(=O)OCC1CC1. The average molecular weight is 586 g/mol. The van der Waals surface area contributed by atoms with Crippen molar-refractivity contribution in [1.29, 1.82) is 0 Å². The number of ether oxygens (including phenoxy) is 3. The molecule has 2 aromatic rings. The molecule has 1 saturated carbocycles. The first-order chi connectivity index (χ1) is 19.6. The number of nitro groups is 1. The lowest BCUT2D eigenvalue weighted by Crippen LogP contribution is -2.70. The molecule has 0 bridgehead atoms. The van der Waals surface area contributed by atoms with Crippen LogP contribution in [-0.4, -0.2) is 62.6 Å². The van der Waals surface area contributed by atoms with Crippen LogP contribution in [0, 0.1) is 16.0 Å². The summed E-state index contributed by atoms with van der Waals surface area (Å²) in [6.45, 7) is 0.667. The Hall–Kier alpha value is -4.59. The molecule has 2 fully saturated rings. The van der Waals surface area contributed by atoms with Crippen LogP contribution in [0.2, 0.25) is 0 Å². The lowest BCUT2D eigenvalue weighted by molar-refractivity contribution is -0.384. The molecule has 41 heavy (non-hydrogen) atoms. The number of hydrogen-bond acceptors (Lipinski definition) is 11. The highest BCUT2D eigenvalue weighted by Crippen LogP contribution is 2.37. The molecule has 1 heterocycles. The van der Waals surface area contributed by atoms with Crippen molar-refractivity contribution in [2.45, 2.75) is 37.8 Å². The van der Waals surface area contributed by atoms with Crippen LogP contribution < -0.4 is 10.1 Å². The van der Waals surface area contributed by atoms with Gasteiger partial charge in [0.1, 0.15) is 29.5 Å². The number of carbonyl (C=O) groups is 4. The maximum Gasteiger partial charge on any atom is 0.369 e. The van der Waals surface area contributed by atoms with Crippen LogP contribution in [0.15, 0.2) is 66.1 Å². The highest BCUT2D eigenvalue weighted by Gasteiger charge is 2.54. The van der Waals surface area contributed by atoms with Crippen molar-refractivity contribution in [1.82, 2.24) is 10.2 Å². The summed E-state index contributed by atoms with van der Waals surface area (Å²) in [5.41, 5.74) is -0.240. The molecule has 216 valence electrons. The number of nitrogens with zero attached hydrogens (tertiary/aromatic N) is 2. The normalized spacial score (nSPS) is 18.5. The number of nitrogens with one attached hydrogen (secondary N) is 1. The second kappa shape index (κ2) is 13.2. The van der Waals surface area contributed by atoms with Crippen LogP contribution in [0.25, 0.3) is 0 Å². The fraction of sp³-hybridized carbons (Fsp3) is 0.333. The van der Waals surface area contributed by atoms with Gasteiger partial charge in [-0.3, -0.25) is 24.6 Å². The van der Waals surface area contributed by atoms with Gasteiger partial charge >= 0.3 is 11.3 Å². The lowest BCUT2D eigenvalue weighted by Gasteiger charge is -2.45. The van der Waals surface area contributed by atoms with Crippen molar-refractivity contribution in [3.05, 3.63) is 81.7 Å². The third kappa shape index (κ3) is 7.75. The minimum Gasteiger partial charge on any atom is -0.510 e. The van der Waals surface area contributed by atoms with Gasteiger partial charge in [-0.1, -0.05) is 18.2 Å². The summed E-state index contributed by atoms with van der Waals surface area (Å²) in [5, 5.41) is 21.8. The van der Waals surface area contributed by atoms with Crippen molar-refractivity contribution in [3.8, 4) is 5.75 Å². The van der Waals surface area contributed by atoms with E-state index >= 15 is 0 Å². The van der Waals surface area contributed by atoms with E-state index in [1.54, 1.807) is 30.3 Å². The van der Waals surface area contributed by atoms with E-state index in [1.165, 1.54) is 31.2 Å². The first-order valence-electron chi connectivity index (χ1n) is 12.6. The summed E-state index contributed by atoms with van der Waals surface area (Å²) in [6, 6.07) is 12.6. The van der Waals surface area contributed by atoms with E-state index in [4.69, 9.17) is 14.2 Å². The maximum absolute atomic E-state index is 13.2. The third-order valence-electron chi connectivity index (χ3n) is 6.12. The number of aliphatic hydroxyl groups excluding tert-OH is 1. The van der Waals surface area contributed by atoms with Crippen molar-refractivity contribution >= 4 is 40.5 Å². The molecule has 4 rings (SSSR count). The van der Waals surface area contributed by atoms with Crippen LogP contribution in [0.4, 0.5) is 10.5 Å². The smallest absolute Gasteiger partial charge is 0.369 e. The Kier molecular flexibility index (Phi) is 9.45. The van der Waals surface area contributed by atoms with E-state index in [1.807, 2.05) is 0 Å². The number of likely N-dealkylation sites (tertiary alicyclic amines) is 1. The molecular weight excluding hydrogens is 558 g/mol. The largest absolute Gasteiger partial charge is 0.510 e. The number of aliphatic hydroxyl groups is 1. The van der Waals surface area contributed by atoms with E-state index in [9.17, 15) is 34.4 Å². The van der Waals surface area contributed by atoms with Crippen molar-refractivity contribution in [2.75, 3.05) is 13.2 Å². The molecule has 0 aromatic heterocycles. The molecule has 2 amide bonds. The number of nitro benzene ring substituents is 1. The zero-order chi connectivity index (χ0) is 29.5. The van der Waals surface area contributed by atoms with Gasteiger partial charge in [0.2, 0.25) is 0 Å². The molecule has 1 aliphatic carbocycles. The molecule has 2 aromatic carbocycles. The van der Waals surface area contributed by atoms with Gasteiger partial charge in [0.25, 0.3) is 17.5 Å². The molecule has 2 unspecified atom stereocenters. The summed E-state index contributed by atoms with van der Waals surface area (Å²) in [4.78, 5) is 62.4. The Bertz CT molecular complexity index is 1340. The topological polar surface area (TPSA) is 175 Å². The molecule has 13 nitrogen and oxygen atoms in total. The van der Waals surface area contributed by atoms with Crippen LogP contribution in [0.5, 0.6) is 5.75 Å². The van der Waals surface area contributed by atoms with Gasteiger partial charge in [0.05, 0.1) is 11.5 Å². The van der Waals surface area contributed by atoms with E-state index in [-0.39, 0.29) is 24.8 Å². The van der Waals surface area contributed by atoms with Gasteiger partial charge in [0.15, 0.2) is 12.3 Å². The van der Waals surface area contributed by atoms with E-state index < -0.39 is 57.5 Å². The van der Waals surface area contributed by atoms with Crippen molar-refractivity contribution in [3.63, 3.8) is 0 Å². The predicted octanol–water partition coefficient (Wildman–Crippen LogP) is 3.44. The summed E-state index contributed by atoms with van der Waals surface area (Å²) in [5.74, 6) is -2.31. The molecule has 2 atom stereocenters. The van der Waals surface area contributed by atoms with Crippen LogP contribution in [-0.2, 0) is 30.5 Å². The monoisotopic (exact) mass is 585 g/mol. The standard InChI is InChI=1S/C27H27N3O10S/c1-16(31)23(26(34)39-13-18-9-11-19(12-10-18)30(36)37)29-24(33)22(25(29)41-27(35)40-14-17-7-8-17)28-21(32)15-38-20-5-3-2-4-6-20/h2-6,9-12,17,22,25,31H,7-8,13-15H2,1H3,(H,28,32)/b23-16-. The average Bonchev–Trinajstić information content (AvgIpc) is 3.80. The quantitative estimate of drug-likeness (QED) is 0.0932. The molecule has 0 radical (unpaired) electrons. The molecular formula is C27H27N3O10S. The van der Waals surface area contributed by atoms with Gasteiger partial charge in [-0.15, -0.1) is 0 Å². The number of rotatable bonds is 12. The zero-order valence-corrected chi connectivity index (χ0v) is 22.7. The number of non-ortho nitro benzene ring substituents is 1. The highest BCUT2D eigenvalue weighted by molar-refractivity contribution is 8.13. The van der Waals surface area contributed by atoms with Gasteiger partial charge in [-0.2, -0.15) is 0 Å². The number of para-hydroxylation sites is 1. The van der Waals surface area contributed by atoms with E-state index in [2.05, 4.69) is 5.32 Å². The Morgan fingerprint density at radius 1 is 1.10 bits per heavy atom. The molecule has 0 spiro atoms. The highest BCUT2D eigenvalue weighted by atomic mass is 32.2. The van der Waals surface area contributed by atoms with Gasteiger partial charge < -0.3 is 24.6 Å². The number of carbonyl (C=O) groups excluding carboxylic acids is 4. The minimum absolute atomic E-state index is 0.145. The number of thioether (sulfide) groups is 1. The van der Waals surface area contributed by atoms with E-state index in [0.717, 1.165) is 17.7 Å². The summed E-state index contributed by atoms with van der Waals surface area (Å²) in [7, 11) is 0. The number of hydrogen-bond donors (Lipinski definition) is 2. The Labute approximate surface area is 238 Å². The van der Waals surface area contributed by atoms with Crippen molar-refractivity contribution < 1.29 is 43.4 Å². The van der Waals surface area contributed by atoms with Crippen LogP contribution in [0.3, 0.4) is 0 Å². The van der Waals surface area contributed by atoms with E-state index in [0.29, 0.717) is 23.1 Å². The number of amides is 2. The van der Waals surface area contributed by atoms with Gasteiger partial charge in [-0.05, 0) is 67.3 Å². The molecule has 2 aliphatic rings. The zero-order valence-electron chi connectivity index (χ0n) is 21.9. The van der Waals surface area contributed by atoms with Crippen molar-refractivity contribution in [2.24, 2.45) is 5.92 Å². The number of β-lactam (4-membered cyclic amide) rings is 1. The number of allylic oxidation sites excluding steroid dienone is 1.